The number of hydrogen-bond acceptors (Lipinski definition) is 7. The molecule has 0 spiro atoms. The topological polar surface area (TPSA) is 136 Å². The van der Waals surface area contributed by atoms with Gasteiger partial charge in [0.2, 0.25) is 15.0 Å². The highest BCUT2D eigenvalue weighted by Crippen LogP contribution is 2.33. The number of sulfone groups is 2. The van der Waals surface area contributed by atoms with Crippen LogP contribution in [0.1, 0.15) is 5.56 Å². The van der Waals surface area contributed by atoms with Crippen molar-refractivity contribution < 1.29 is 16.8 Å². The summed E-state index contributed by atoms with van der Waals surface area (Å²) >= 11 is 0. The molecule has 8 nitrogen and oxygen atoms in total. The Kier molecular flexibility index (Phi) is 3.17. The molecule has 1 aromatic carbocycles. The molecular weight excluding hydrogens is 340 g/mol. The van der Waals surface area contributed by atoms with E-state index in [1.54, 1.807) is 12.1 Å². The number of nitrogens with zero attached hydrogens (tertiary/aromatic N) is 2. The summed E-state index contributed by atoms with van der Waals surface area (Å²) in [5.74, 6) is 0. The summed E-state index contributed by atoms with van der Waals surface area (Å²) in [6.07, 6.45) is 1.89. The van der Waals surface area contributed by atoms with Gasteiger partial charge in [-0.3, -0.25) is 0 Å². The molecule has 0 atom stereocenters. The average Bonchev–Trinajstić information content (AvgIpc) is 2.79. The fourth-order valence-electron chi connectivity index (χ4n) is 2.37. The lowest BCUT2D eigenvalue weighted by Gasteiger charge is -2.04. The molecular formula is C13H14N4O4S2. The number of nitrogens with two attached hydrogens (primary N) is 1. The number of nitrogens with one attached hydrogen (secondary N) is 1. The van der Waals surface area contributed by atoms with E-state index in [0.717, 1.165) is 18.1 Å². The maximum absolute atomic E-state index is 12.1. The van der Waals surface area contributed by atoms with Crippen molar-refractivity contribution in [2.75, 3.05) is 18.2 Å². The van der Waals surface area contributed by atoms with Gasteiger partial charge in [-0.2, -0.15) is 0 Å². The lowest BCUT2D eigenvalue weighted by molar-refractivity contribution is 0.587. The van der Waals surface area contributed by atoms with Gasteiger partial charge in [0.05, 0.1) is 16.6 Å². The molecule has 2 aromatic heterocycles. The molecule has 0 bridgehead atoms. The van der Waals surface area contributed by atoms with Crippen LogP contribution in [0.15, 0.2) is 22.3 Å². The molecule has 0 amide bonds. The van der Waals surface area contributed by atoms with Gasteiger partial charge in [-0.1, -0.05) is 12.1 Å². The van der Waals surface area contributed by atoms with Gasteiger partial charge in [-0.15, -0.1) is 0 Å². The van der Waals surface area contributed by atoms with E-state index in [1.807, 2.05) is 6.92 Å². The number of nitrogen functional groups attached to an aromatic ring is 1. The molecule has 0 aliphatic rings. The van der Waals surface area contributed by atoms with E-state index >= 15 is 0 Å². The molecule has 0 aliphatic heterocycles. The summed E-state index contributed by atoms with van der Waals surface area (Å²) in [5.41, 5.74) is 7.89. The second-order valence-corrected chi connectivity index (χ2v) is 9.26. The Morgan fingerprint density at radius 2 is 1.70 bits per heavy atom. The van der Waals surface area contributed by atoms with E-state index in [9.17, 15) is 16.8 Å². The van der Waals surface area contributed by atoms with Crippen LogP contribution in [0.25, 0.3) is 21.9 Å². The Balaban J connectivity index is 2.63. The van der Waals surface area contributed by atoms with Gasteiger partial charge in [-0.05, 0) is 12.5 Å². The number of benzene rings is 1. The second-order valence-electron chi connectivity index (χ2n) is 5.42. The molecule has 23 heavy (non-hydrogen) atoms. The largest absolute Gasteiger partial charge is 0.397 e. The van der Waals surface area contributed by atoms with E-state index in [4.69, 9.17) is 5.73 Å². The molecule has 0 radical (unpaired) electrons. The van der Waals surface area contributed by atoms with Crippen LogP contribution in [0, 0.1) is 6.92 Å². The van der Waals surface area contributed by atoms with Crippen molar-refractivity contribution in [3.63, 3.8) is 0 Å². The van der Waals surface area contributed by atoms with Crippen LogP contribution in [-0.2, 0) is 19.7 Å². The summed E-state index contributed by atoms with van der Waals surface area (Å²) in [6, 6.07) is 3.46. The summed E-state index contributed by atoms with van der Waals surface area (Å²) in [4.78, 5) is 10.6. The third-order valence-corrected chi connectivity index (χ3v) is 5.36. The molecule has 0 saturated heterocycles. The minimum Gasteiger partial charge on any atom is -0.397 e. The summed E-state index contributed by atoms with van der Waals surface area (Å²) < 4.78 is 47.6. The van der Waals surface area contributed by atoms with Crippen molar-refractivity contribution in [2.45, 2.75) is 17.1 Å². The smallest absolute Gasteiger partial charge is 0.250 e. The van der Waals surface area contributed by atoms with Crippen molar-refractivity contribution in [3.8, 4) is 0 Å². The number of fused-ring (bicyclic) bond motifs is 3. The third-order valence-electron chi connectivity index (χ3n) is 3.51. The molecule has 10 heteroatoms. The average molecular weight is 354 g/mol. The highest BCUT2D eigenvalue weighted by atomic mass is 32.2. The third kappa shape index (κ3) is 2.43. The molecule has 0 unspecified atom stereocenters. The first-order valence-electron chi connectivity index (χ1n) is 6.49. The van der Waals surface area contributed by atoms with Crippen molar-refractivity contribution in [1.82, 2.24) is 15.0 Å². The Morgan fingerprint density at radius 3 is 2.26 bits per heavy atom. The van der Waals surface area contributed by atoms with Gasteiger partial charge >= 0.3 is 0 Å². The monoisotopic (exact) mass is 354 g/mol. The van der Waals surface area contributed by atoms with Crippen LogP contribution >= 0.6 is 0 Å². The first kappa shape index (κ1) is 15.7. The Morgan fingerprint density at radius 1 is 1.04 bits per heavy atom. The lowest BCUT2D eigenvalue weighted by Crippen LogP contribution is -2.10. The lowest BCUT2D eigenvalue weighted by atomic mass is 10.1. The van der Waals surface area contributed by atoms with Gasteiger partial charge in [0.25, 0.3) is 0 Å². The van der Waals surface area contributed by atoms with E-state index in [2.05, 4.69) is 15.0 Å². The molecule has 122 valence electrons. The molecule has 2 heterocycles. The van der Waals surface area contributed by atoms with E-state index in [0.29, 0.717) is 16.6 Å². The first-order valence-corrected chi connectivity index (χ1v) is 10.3. The minimum atomic E-state index is -3.77. The number of anilines is 1. The van der Waals surface area contributed by atoms with Crippen LogP contribution in [0.5, 0.6) is 0 Å². The van der Waals surface area contributed by atoms with Crippen molar-refractivity contribution in [2.24, 2.45) is 0 Å². The van der Waals surface area contributed by atoms with Gasteiger partial charge in [-0.25, -0.2) is 26.8 Å². The first-order chi connectivity index (χ1) is 10.5. The van der Waals surface area contributed by atoms with Crippen molar-refractivity contribution >= 4 is 47.3 Å². The molecule has 0 aliphatic carbocycles. The van der Waals surface area contributed by atoms with Crippen LogP contribution in [-0.4, -0.2) is 44.3 Å². The molecule has 3 N–H and O–H groups in total. The predicted molar refractivity (Wildman–Crippen MR) is 86.8 cm³/mol. The maximum Gasteiger partial charge on any atom is 0.250 e. The molecule has 3 rings (SSSR count). The zero-order chi connectivity index (χ0) is 17.2. The second kappa shape index (κ2) is 4.65. The number of aryl methyl sites for hydroxylation is 1. The Labute approximate surface area is 132 Å². The number of H-pyrrole nitrogens is 1. The Bertz CT molecular complexity index is 1180. The van der Waals surface area contributed by atoms with Gasteiger partial charge in [0.1, 0.15) is 5.65 Å². The van der Waals surface area contributed by atoms with Gasteiger partial charge < -0.3 is 10.7 Å². The highest BCUT2D eigenvalue weighted by molar-refractivity contribution is 7.91. The molecule has 3 aromatic rings. The SMILES string of the molecule is Cc1ccc2c([nH]c3nc(S(C)(=O)=O)nc(S(C)(=O)=O)c32)c1N. The summed E-state index contributed by atoms with van der Waals surface area (Å²) in [6.45, 7) is 1.81. The van der Waals surface area contributed by atoms with Crippen LogP contribution in [0.3, 0.4) is 0 Å². The summed E-state index contributed by atoms with van der Waals surface area (Å²) in [7, 11) is -7.54. The standard InChI is InChI=1S/C13H14N4O4S2/c1-6-4-5-7-8-11(15-10(7)9(6)14)16-13(23(3,20)21)17-12(8)22(2,18)19/h4-5H,14H2,1-3H3,(H,15,16,17). The predicted octanol–water partition coefficient (Wildman–Crippen LogP) is 0.809. The number of hydrogen-bond donors (Lipinski definition) is 2. The summed E-state index contributed by atoms with van der Waals surface area (Å²) in [5, 5.41) is -0.116. The van der Waals surface area contributed by atoms with Gasteiger partial charge in [0, 0.05) is 17.9 Å². The van der Waals surface area contributed by atoms with E-state index in [-0.39, 0.29) is 16.1 Å². The van der Waals surface area contributed by atoms with Gasteiger partial charge in [0.15, 0.2) is 14.9 Å². The van der Waals surface area contributed by atoms with Crippen LogP contribution in [0.2, 0.25) is 0 Å². The fraction of sp³-hybridized carbons (Fsp3) is 0.231. The molecule has 0 saturated carbocycles. The minimum absolute atomic E-state index is 0.119. The number of aromatic nitrogens is 3. The fourth-order valence-corrected chi connectivity index (χ4v) is 3.77. The van der Waals surface area contributed by atoms with Crippen molar-refractivity contribution in [1.29, 1.82) is 0 Å². The number of rotatable bonds is 2. The van der Waals surface area contributed by atoms with Crippen molar-refractivity contribution in [3.05, 3.63) is 17.7 Å². The normalized spacial score (nSPS) is 13.0. The highest BCUT2D eigenvalue weighted by Gasteiger charge is 2.24. The van der Waals surface area contributed by atoms with E-state index in [1.165, 1.54) is 0 Å². The van der Waals surface area contributed by atoms with Crippen LogP contribution in [0.4, 0.5) is 5.69 Å². The maximum atomic E-state index is 12.1. The quantitative estimate of drug-likeness (QED) is 0.395. The van der Waals surface area contributed by atoms with Crippen LogP contribution < -0.4 is 5.73 Å². The zero-order valence-electron chi connectivity index (χ0n) is 12.6. The number of aromatic amines is 1. The Hall–Kier alpha value is -2.20. The van der Waals surface area contributed by atoms with E-state index < -0.39 is 24.8 Å². The zero-order valence-corrected chi connectivity index (χ0v) is 14.2. The molecule has 0 fully saturated rings.